The average molecular weight is 478 g/mol. The number of fused-ring (bicyclic) bond motifs is 2. The van der Waals surface area contributed by atoms with Crippen LogP contribution < -0.4 is 0 Å². The Kier molecular flexibility index (Phi) is 6.93. The van der Waals surface area contributed by atoms with Gasteiger partial charge >= 0.3 is 5.97 Å². The van der Waals surface area contributed by atoms with E-state index in [1.54, 1.807) is 24.3 Å². The van der Waals surface area contributed by atoms with Gasteiger partial charge in [0, 0.05) is 12.1 Å². The summed E-state index contributed by atoms with van der Waals surface area (Å²) in [7, 11) is 2.06. The fourth-order valence-corrected chi connectivity index (χ4v) is 5.49. The van der Waals surface area contributed by atoms with Crippen molar-refractivity contribution in [1.82, 2.24) is 4.90 Å². The van der Waals surface area contributed by atoms with Crippen molar-refractivity contribution in [2.45, 2.75) is 50.2 Å². The Morgan fingerprint density at radius 1 is 0.914 bits per heavy atom. The number of halogens is 2. The van der Waals surface area contributed by atoms with Crippen LogP contribution in [0.5, 0.6) is 0 Å². The summed E-state index contributed by atoms with van der Waals surface area (Å²) in [6, 6.07) is 22.2. The Balaban J connectivity index is 1.42. The van der Waals surface area contributed by atoms with Crippen molar-refractivity contribution in [2.24, 2.45) is 5.92 Å². The maximum Gasteiger partial charge on any atom is 0.313 e. The molecule has 0 aliphatic carbocycles. The third kappa shape index (κ3) is 5.14. The lowest BCUT2D eigenvalue weighted by molar-refractivity contribution is -0.166. The molecule has 2 heterocycles. The number of carbonyl (C=O) groups is 1. The van der Waals surface area contributed by atoms with E-state index in [-0.39, 0.29) is 36.4 Å². The SMILES string of the molecule is CN1[C@@H]2CC[C@H]1[C@H](C(=O)OCc1ccccc1)[C@@H](OC(c1ccc(F)cc1)c1ccc(F)cc1)C2. The van der Waals surface area contributed by atoms with Gasteiger partial charge in [0.05, 0.1) is 12.0 Å². The maximum absolute atomic E-state index is 13.7. The molecule has 2 bridgehead atoms. The Morgan fingerprint density at radius 3 is 2.11 bits per heavy atom. The molecule has 0 aromatic heterocycles. The lowest BCUT2D eigenvalue weighted by atomic mass is 9.87. The number of hydrogen-bond acceptors (Lipinski definition) is 4. The van der Waals surface area contributed by atoms with E-state index >= 15 is 0 Å². The van der Waals surface area contributed by atoms with Crippen LogP contribution in [0.3, 0.4) is 0 Å². The number of carbonyl (C=O) groups excluding carboxylic acids is 1. The van der Waals surface area contributed by atoms with Crippen LogP contribution in [0.4, 0.5) is 8.78 Å². The summed E-state index contributed by atoms with van der Waals surface area (Å²) in [6.45, 7) is 0.210. The van der Waals surface area contributed by atoms with Crippen LogP contribution in [-0.2, 0) is 20.9 Å². The first kappa shape index (κ1) is 23.6. The number of esters is 1. The molecular formula is C29H29F2NO3. The van der Waals surface area contributed by atoms with E-state index in [0.717, 1.165) is 29.5 Å². The Bertz CT molecular complexity index is 1090. The van der Waals surface area contributed by atoms with Gasteiger partial charge in [-0.3, -0.25) is 9.69 Å². The van der Waals surface area contributed by atoms with E-state index in [0.29, 0.717) is 12.5 Å². The topological polar surface area (TPSA) is 38.8 Å². The molecule has 4 atom stereocenters. The molecule has 0 spiro atoms. The van der Waals surface area contributed by atoms with Crippen molar-refractivity contribution in [3.8, 4) is 0 Å². The van der Waals surface area contributed by atoms with E-state index in [2.05, 4.69) is 11.9 Å². The van der Waals surface area contributed by atoms with E-state index in [1.807, 2.05) is 30.3 Å². The first-order valence-corrected chi connectivity index (χ1v) is 12.1. The Morgan fingerprint density at radius 2 is 1.51 bits per heavy atom. The molecule has 3 aromatic carbocycles. The molecule has 35 heavy (non-hydrogen) atoms. The van der Waals surface area contributed by atoms with Gasteiger partial charge in [0.15, 0.2) is 0 Å². The number of hydrogen-bond donors (Lipinski definition) is 0. The van der Waals surface area contributed by atoms with Gasteiger partial charge in [0.1, 0.15) is 24.3 Å². The second-order valence-corrected chi connectivity index (χ2v) is 9.48. The summed E-state index contributed by atoms with van der Waals surface area (Å²) in [5.41, 5.74) is 2.43. The van der Waals surface area contributed by atoms with Gasteiger partial charge in [0.25, 0.3) is 0 Å². The second kappa shape index (κ2) is 10.3. The summed E-state index contributed by atoms with van der Waals surface area (Å²) in [6.07, 6.45) is 1.66. The van der Waals surface area contributed by atoms with Crippen molar-refractivity contribution >= 4 is 5.97 Å². The lowest BCUT2D eigenvalue weighted by Gasteiger charge is -2.42. The van der Waals surface area contributed by atoms with Gasteiger partial charge in [-0.15, -0.1) is 0 Å². The summed E-state index contributed by atoms with van der Waals surface area (Å²) in [5.74, 6) is -1.41. The van der Waals surface area contributed by atoms with Crippen molar-refractivity contribution in [1.29, 1.82) is 0 Å². The molecule has 2 aliphatic heterocycles. The normalized spacial score (nSPS) is 24.0. The molecule has 0 saturated carbocycles. The zero-order valence-corrected chi connectivity index (χ0v) is 19.6. The van der Waals surface area contributed by atoms with E-state index in [4.69, 9.17) is 9.47 Å². The van der Waals surface area contributed by atoms with Crippen LogP contribution in [0.15, 0.2) is 78.9 Å². The third-order valence-electron chi connectivity index (χ3n) is 7.37. The smallest absolute Gasteiger partial charge is 0.313 e. The molecular weight excluding hydrogens is 448 g/mol. The van der Waals surface area contributed by atoms with Crippen LogP contribution in [0.1, 0.15) is 42.1 Å². The monoisotopic (exact) mass is 477 g/mol. The van der Waals surface area contributed by atoms with Gasteiger partial charge in [-0.05, 0) is 67.3 Å². The van der Waals surface area contributed by atoms with Crippen molar-refractivity contribution < 1.29 is 23.0 Å². The fraction of sp³-hybridized carbons (Fsp3) is 0.345. The molecule has 0 amide bonds. The van der Waals surface area contributed by atoms with Crippen LogP contribution >= 0.6 is 0 Å². The van der Waals surface area contributed by atoms with E-state index in [1.165, 1.54) is 24.3 Å². The summed E-state index contributed by atoms with van der Waals surface area (Å²) >= 11 is 0. The van der Waals surface area contributed by atoms with Gasteiger partial charge in [0.2, 0.25) is 0 Å². The standard InChI is InChI=1S/C29H29F2NO3/c1-32-24-15-16-25(32)27(29(33)34-18-19-5-3-2-4-6-19)26(17-24)35-28(20-7-11-22(30)12-8-20)21-9-13-23(31)14-10-21/h2-14,24-28H,15-18H2,1H3/t24-,25+,26+,27+/m1/s1. The second-order valence-electron chi connectivity index (χ2n) is 9.48. The first-order valence-electron chi connectivity index (χ1n) is 12.1. The minimum atomic E-state index is -0.562. The molecule has 3 aromatic rings. The van der Waals surface area contributed by atoms with Crippen molar-refractivity contribution in [3.05, 3.63) is 107 Å². The van der Waals surface area contributed by atoms with Crippen LogP contribution in [0.25, 0.3) is 0 Å². The Labute approximate surface area is 204 Å². The summed E-state index contributed by atoms with van der Waals surface area (Å²) in [4.78, 5) is 15.7. The minimum absolute atomic E-state index is 0.0316. The number of nitrogens with zero attached hydrogens (tertiary/aromatic N) is 1. The molecule has 5 rings (SSSR count). The number of ether oxygens (including phenoxy) is 2. The molecule has 0 N–H and O–H groups in total. The predicted molar refractivity (Wildman–Crippen MR) is 128 cm³/mol. The lowest BCUT2D eigenvalue weighted by Crippen LogP contribution is -2.53. The predicted octanol–water partition coefficient (Wildman–Crippen LogP) is 5.67. The van der Waals surface area contributed by atoms with Crippen molar-refractivity contribution in [2.75, 3.05) is 7.05 Å². The molecule has 0 radical (unpaired) electrons. The Hall–Kier alpha value is -3.09. The van der Waals surface area contributed by atoms with Gasteiger partial charge in [-0.25, -0.2) is 8.78 Å². The molecule has 2 aliphatic rings. The zero-order valence-electron chi connectivity index (χ0n) is 19.6. The fourth-order valence-electron chi connectivity index (χ4n) is 5.49. The molecule has 6 heteroatoms. The molecule has 2 fully saturated rings. The van der Waals surface area contributed by atoms with Crippen LogP contribution in [-0.4, -0.2) is 36.1 Å². The number of piperidine rings is 1. The highest BCUT2D eigenvalue weighted by Gasteiger charge is 2.50. The van der Waals surface area contributed by atoms with E-state index in [9.17, 15) is 13.6 Å². The van der Waals surface area contributed by atoms with Gasteiger partial charge < -0.3 is 9.47 Å². The quantitative estimate of drug-likeness (QED) is 0.412. The molecule has 0 unspecified atom stereocenters. The molecule has 182 valence electrons. The number of benzene rings is 3. The van der Waals surface area contributed by atoms with Crippen LogP contribution in [0, 0.1) is 17.6 Å². The molecule has 4 nitrogen and oxygen atoms in total. The number of rotatable bonds is 7. The highest BCUT2D eigenvalue weighted by Crippen LogP contribution is 2.42. The molecule has 2 saturated heterocycles. The largest absolute Gasteiger partial charge is 0.460 e. The zero-order chi connectivity index (χ0) is 24.4. The third-order valence-corrected chi connectivity index (χ3v) is 7.37. The van der Waals surface area contributed by atoms with Gasteiger partial charge in [-0.2, -0.15) is 0 Å². The van der Waals surface area contributed by atoms with Gasteiger partial charge in [-0.1, -0.05) is 54.6 Å². The highest BCUT2D eigenvalue weighted by atomic mass is 19.1. The highest BCUT2D eigenvalue weighted by molar-refractivity contribution is 5.74. The summed E-state index contributed by atoms with van der Waals surface area (Å²) < 4.78 is 39.8. The summed E-state index contributed by atoms with van der Waals surface area (Å²) in [5, 5.41) is 0. The van der Waals surface area contributed by atoms with Crippen LogP contribution in [0.2, 0.25) is 0 Å². The minimum Gasteiger partial charge on any atom is -0.460 e. The van der Waals surface area contributed by atoms with Crippen molar-refractivity contribution in [3.63, 3.8) is 0 Å². The first-order chi connectivity index (χ1) is 17.0. The maximum atomic E-state index is 13.7. The van der Waals surface area contributed by atoms with E-state index < -0.39 is 12.0 Å². The average Bonchev–Trinajstić information content (AvgIpc) is 3.10.